The number of carbonyl (C=O) groups excluding carboxylic acids is 3. The maximum atomic E-state index is 13.4. The number of H-pyrrole nitrogens is 1. The third-order valence-electron chi connectivity index (χ3n) is 6.04. The normalized spacial score (nSPS) is 14.2. The van der Waals surface area contributed by atoms with Crippen molar-refractivity contribution in [3.8, 4) is 0 Å². The number of aromatic nitrogens is 1. The number of rotatable bonds is 11. The maximum Gasteiger partial charge on any atom is 0.217 e. The van der Waals surface area contributed by atoms with Crippen LogP contribution in [0.5, 0.6) is 0 Å². The number of nitrogens with two attached hydrogens (primary N) is 1. The summed E-state index contributed by atoms with van der Waals surface area (Å²) in [6.45, 7) is 9.70. The minimum absolute atomic E-state index is 0.0140. The van der Waals surface area contributed by atoms with Crippen molar-refractivity contribution in [2.24, 2.45) is 17.1 Å². The number of carbonyl (C=O) groups is 3. The van der Waals surface area contributed by atoms with Gasteiger partial charge in [-0.05, 0) is 45.4 Å². The van der Waals surface area contributed by atoms with Crippen LogP contribution in [-0.2, 0) is 20.8 Å². The van der Waals surface area contributed by atoms with Crippen LogP contribution >= 0.6 is 0 Å². The van der Waals surface area contributed by atoms with Gasteiger partial charge in [0.1, 0.15) is 5.78 Å². The number of amides is 1. The number of fused-ring (bicyclic) bond motifs is 1. The highest BCUT2D eigenvalue weighted by molar-refractivity contribution is 5.94. The van der Waals surface area contributed by atoms with Crippen LogP contribution in [0, 0.1) is 11.3 Å². The zero-order valence-electron chi connectivity index (χ0n) is 19.7. The zero-order valence-corrected chi connectivity index (χ0v) is 19.7. The number of benzene rings is 1. The van der Waals surface area contributed by atoms with Crippen molar-refractivity contribution in [3.63, 3.8) is 0 Å². The van der Waals surface area contributed by atoms with Crippen molar-refractivity contribution >= 4 is 28.4 Å². The van der Waals surface area contributed by atoms with E-state index in [1.54, 1.807) is 0 Å². The van der Waals surface area contributed by atoms with Crippen molar-refractivity contribution in [3.05, 3.63) is 36.0 Å². The van der Waals surface area contributed by atoms with Crippen LogP contribution in [0.2, 0.25) is 0 Å². The van der Waals surface area contributed by atoms with Crippen LogP contribution in [0.3, 0.4) is 0 Å². The fourth-order valence-electron chi connectivity index (χ4n) is 4.05. The molecule has 31 heavy (non-hydrogen) atoms. The van der Waals surface area contributed by atoms with Crippen molar-refractivity contribution < 1.29 is 14.4 Å². The van der Waals surface area contributed by atoms with Gasteiger partial charge in [-0.3, -0.25) is 19.3 Å². The molecule has 1 aromatic heterocycles. The summed E-state index contributed by atoms with van der Waals surface area (Å²) in [5, 5.41) is 1.08. The van der Waals surface area contributed by atoms with E-state index in [-0.39, 0.29) is 30.4 Å². The Morgan fingerprint density at radius 1 is 1.13 bits per heavy atom. The van der Waals surface area contributed by atoms with Gasteiger partial charge in [0.25, 0.3) is 0 Å². The Morgan fingerprint density at radius 2 is 1.77 bits per heavy atom. The number of hydrogen-bond donors (Lipinski definition) is 2. The molecule has 0 aliphatic carbocycles. The van der Waals surface area contributed by atoms with E-state index < -0.39 is 23.3 Å². The van der Waals surface area contributed by atoms with Gasteiger partial charge in [-0.15, -0.1) is 0 Å². The van der Waals surface area contributed by atoms with Gasteiger partial charge in [0, 0.05) is 47.3 Å². The number of hydrogen-bond acceptors (Lipinski definition) is 4. The molecule has 3 N–H and O–H groups in total. The summed E-state index contributed by atoms with van der Waals surface area (Å²) in [6, 6.07) is 7.67. The first-order chi connectivity index (χ1) is 14.4. The molecule has 0 spiro atoms. The minimum atomic E-state index is -0.552. The molecular formula is C25H37N3O3. The molecule has 1 unspecified atom stereocenters. The predicted molar refractivity (Wildman–Crippen MR) is 125 cm³/mol. The van der Waals surface area contributed by atoms with Gasteiger partial charge in [-0.25, -0.2) is 0 Å². The molecule has 2 atom stereocenters. The minimum Gasteiger partial charge on any atom is -0.370 e. The summed E-state index contributed by atoms with van der Waals surface area (Å²) in [5.41, 5.74) is 6.85. The van der Waals surface area contributed by atoms with Crippen LogP contribution in [0.1, 0.15) is 59.4 Å². The number of para-hydroxylation sites is 1. The highest BCUT2D eigenvalue weighted by atomic mass is 16.1. The van der Waals surface area contributed by atoms with E-state index in [4.69, 9.17) is 5.73 Å². The van der Waals surface area contributed by atoms with Crippen molar-refractivity contribution in [1.29, 1.82) is 0 Å². The molecule has 6 nitrogen and oxygen atoms in total. The second-order valence-electron chi connectivity index (χ2n) is 9.83. The number of ketones is 2. The van der Waals surface area contributed by atoms with E-state index in [0.717, 1.165) is 16.5 Å². The van der Waals surface area contributed by atoms with Crippen LogP contribution in [-0.4, -0.2) is 46.5 Å². The molecule has 6 heteroatoms. The molecule has 2 rings (SSSR count). The smallest absolute Gasteiger partial charge is 0.217 e. The first kappa shape index (κ1) is 24.8. The molecule has 0 bridgehead atoms. The average molecular weight is 428 g/mol. The molecule has 1 aromatic carbocycles. The first-order valence-corrected chi connectivity index (χ1v) is 11.0. The highest BCUT2D eigenvalue weighted by Crippen LogP contribution is 2.29. The fourth-order valence-corrected chi connectivity index (χ4v) is 4.05. The maximum absolute atomic E-state index is 13.4. The second-order valence-corrected chi connectivity index (χ2v) is 9.83. The lowest BCUT2D eigenvalue weighted by Gasteiger charge is -2.32. The quantitative estimate of drug-likeness (QED) is 0.569. The van der Waals surface area contributed by atoms with Gasteiger partial charge in [-0.1, -0.05) is 39.0 Å². The highest BCUT2D eigenvalue weighted by Gasteiger charge is 2.34. The second kappa shape index (κ2) is 10.2. The van der Waals surface area contributed by atoms with Crippen molar-refractivity contribution in [2.75, 3.05) is 7.05 Å². The first-order valence-electron chi connectivity index (χ1n) is 11.0. The van der Waals surface area contributed by atoms with E-state index >= 15 is 0 Å². The summed E-state index contributed by atoms with van der Waals surface area (Å²) in [4.78, 5) is 43.3. The SMILES string of the molecule is CC(C)N(C)[C@@H](CCC(N)=O)C(=O)CC(Cc1c[nH]c2ccccc12)C(=O)C(C)(C)C. The van der Waals surface area contributed by atoms with E-state index in [1.807, 2.05) is 77.0 Å². The van der Waals surface area contributed by atoms with Gasteiger partial charge in [-0.2, -0.15) is 0 Å². The van der Waals surface area contributed by atoms with E-state index in [2.05, 4.69) is 4.98 Å². The molecule has 2 aromatic rings. The van der Waals surface area contributed by atoms with Gasteiger partial charge in [0.2, 0.25) is 5.91 Å². The van der Waals surface area contributed by atoms with Crippen LogP contribution < -0.4 is 5.73 Å². The Kier molecular flexibility index (Phi) is 8.18. The van der Waals surface area contributed by atoms with E-state index in [0.29, 0.717) is 12.8 Å². The van der Waals surface area contributed by atoms with Crippen LogP contribution in [0.15, 0.2) is 30.5 Å². The lowest BCUT2D eigenvalue weighted by Crippen LogP contribution is -2.44. The monoisotopic (exact) mass is 427 g/mol. The number of likely N-dealkylation sites (N-methyl/N-ethyl adjacent to an activating group) is 1. The molecular weight excluding hydrogens is 390 g/mol. The summed E-state index contributed by atoms with van der Waals surface area (Å²) in [7, 11) is 1.88. The Labute approximate surface area is 185 Å². The van der Waals surface area contributed by atoms with Gasteiger partial charge in [0.15, 0.2) is 5.78 Å². The Balaban J connectivity index is 2.31. The summed E-state index contributed by atoms with van der Waals surface area (Å²) >= 11 is 0. The Hall–Kier alpha value is -2.47. The summed E-state index contributed by atoms with van der Waals surface area (Å²) in [5.74, 6) is -0.786. The van der Waals surface area contributed by atoms with Crippen molar-refractivity contribution in [1.82, 2.24) is 9.88 Å². The van der Waals surface area contributed by atoms with Gasteiger partial charge >= 0.3 is 0 Å². The van der Waals surface area contributed by atoms with Crippen molar-refractivity contribution in [2.45, 2.75) is 72.4 Å². The number of nitrogens with one attached hydrogen (secondary N) is 1. The third-order valence-corrected chi connectivity index (χ3v) is 6.04. The molecule has 0 aliphatic rings. The zero-order chi connectivity index (χ0) is 23.3. The molecule has 1 amide bonds. The summed E-state index contributed by atoms with van der Waals surface area (Å²) < 4.78 is 0. The number of primary amides is 1. The van der Waals surface area contributed by atoms with Crippen LogP contribution in [0.4, 0.5) is 0 Å². The predicted octanol–water partition coefficient (Wildman–Crippen LogP) is 3.88. The number of nitrogens with zero attached hydrogens (tertiary/aromatic N) is 1. The lowest BCUT2D eigenvalue weighted by molar-refractivity contribution is -0.135. The molecule has 170 valence electrons. The third kappa shape index (κ3) is 6.50. The standard InChI is InChI=1S/C25H37N3O3/c1-16(2)28(6)21(11-12-23(26)30)22(29)14-17(24(31)25(3,4)5)13-18-15-27-20-10-8-7-9-19(18)20/h7-10,15-17,21,27H,11-14H2,1-6H3,(H2,26,30)/t17?,21-/m0/s1. The van der Waals surface area contributed by atoms with Gasteiger partial charge in [0.05, 0.1) is 6.04 Å². The molecule has 0 radical (unpaired) electrons. The number of aromatic amines is 1. The topological polar surface area (TPSA) is 96.3 Å². The molecule has 0 saturated heterocycles. The lowest BCUT2D eigenvalue weighted by atomic mass is 9.77. The summed E-state index contributed by atoms with van der Waals surface area (Å²) in [6.07, 6.45) is 3.10. The van der Waals surface area contributed by atoms with Crippen LogP contribution in [0.25, 0.3) is 10.9 Å². The Bertz CT molecular complexity index is 923. The fraction of sp³-hybridized carbons (Fsp3) is 0.560. The molecule has 0 aliphatic heterocycles. The van der Waals surface area contributed by atoms with E-state index in [9.17, 15) is 14.4 Å². The average Bonchev–Trinajstić information content (AvgIpc) is 3.08. The molecule has 0 saturated carbocycles. The molecule has 1 heterocycles. The molecule has 0 fully saturated rings. The van der Waals surface area contributed by atoms with E-state index in [1.165, 1.54) is 0 Å². The largest absolute Gasteiger partial charge is 0.370 e. The van der Waals surface area contributed by atoms with Gasteiger partial charge < -0.3 is 10.7 Å². The Morgan fingerprint density at radius 3 is 2.35 bits per heavy atom. The number of Topliss-reactive ketones (excluding diaryl/α,β-unsaturated/α-hetero) is 2.